The average Bonchev–Trinajstić information content (AvgIpc) is 2.38. The van der Waals surface area contributed by atoms with Crippen LogP contribution in [0.1, 0.15) is 12.5 Å². The minimum Gasteiger partial charge on any atom is -0.496 e. The molecule has 19 heavy (non-hydrogen) atoms. The first-order valence-corrected chi connectivity index (χ1v) is 7.58. The first kappa shape index (κ1) is 15.9. The van der Waals surface area contributed by atoms with Crippen molar-refractivity contribution in [3.8, 4) is 5.75 Å². The normalized spacial score (nSPS) is 13.3. The van der Waals surface area contributed by atoms with E-state index in [2.05, 4.69) is 0 Å². The van der Waals surface area contributed by atoms with Crippen LogP contribution in [-0.2, 0) is 16.6 Å². The van der Waals surface area contributed by atoms with Crippen LogP contribution in [0.5, 0.6) is 5.75 Å². The molecule has 7 heteroatoms. The van der Waals surface area contributed by atoms with Gasteiger partial charge in [-0.3, -0.25) is 0 Å². The molecule has 1 rings (SSSR count). The number of nitrogens with two attached hydrogens (primary N) is 1. The lowest BCUT2D eigenvalue weighted by Gasteiger charge is -2.22. The Morgan fingerprint density at radius 2 is 2.05 bits per heavy atom. The van der Waals surface area contributed by atoms with Gasteiger partial charge in [0.1, 0.15) is 11.0 Å². The highest BCUT2D eigenvalue weighted by atomic mass is 32.2. The zero-order valence-electron chi connectivity index (χ0n) is 11.2. The molecule has 0 saturated heterocycles. The Morgan fingerprint density at radius 3 is 2.58 bits per heavy atom. The van der Waals surface area contributed by atoms with Gasteiger partial charge in [-0.05, 0) is 13.0 Å². The molecule has 5 nitrogen and oxygen atoms in total. The van der Waals surface area contributed by atoms with E-state index in [9.17, 15) is 8.42 Å². The number of thiocarbonyl (C=S) groups is 1. The standard InChI is InChI=1S/C12H18N2O3S2/c1-9(12(13)18)19(15,16)14(2)8-10-6-4-5-7-11(10)17-3/h4-7,9H,8H2,1-3H3,(H2,13,18). The second kappa shape index (κ2) is 6.31. The predicted octanol–water partition coefficient (Wildman–Crippen LogP) is 1.13. The van der Waals surface area contributed by atoms with Crippen LogP contribution < -0.4 is 10.5 Å². The molecular weight excluding hydrogens is 284 g/mol. The van der Waals surface area contributed by atoms with Crippen LogP contribution >= 0.6 is 12.2 Å². The highest BCUT2D eigenvalue weighted by Gasteiger charge is 2.28. The van der Waals surface area contributed by atoms with E-state index in [4.69, 9.17) is 22.7 Å². The van der Waals surface area contributed by atoms with Crippen molar-refractivity contribution >= 4 is 27.2 Å². The molecule has 1 aromatic rings. The number of nitrogens with zero attached hydrogens (tertiary/aromatic N) is 1. The van der Waals surface area contributed by atoms with Crippen molar-refractivity contribution < 1.29 is 13.2 Å². The van der Waals surface area contributed by atoms with Crippen LogP contribution in [0.3, 0.4) is 0 Å². The fourth-order valence-electron chi connectivity index (χ4n) is 1.58. The Bertz CT molecular complexity index is 558. The molecule has 0 amide bonds. The Hall–Kier alpha value is -1.18. The van der Waals surface area contributed by atoms with Gasteiger partial charge in [-0.2, -0.15) is 4.31 Å². The molecule has 0 saturated carbocycles. The van der Waals surface area contributed by atoms with Crippen LogP contribution in [0.15, 0.2) is 24.3 Å². The summed E-state index contributed by atoms with van der Waals surface area (Å²) in [5, 5.41) is -0.887. The zero-order valence-corrected chi connectivity index (χ0v) is 12.8. The number of benzene rings is 1. The zero-order chi connectivity index (χ0) is 14.6. The van der Waals surface area contributed by atoms with E-state index in [1.165, 1.54) is 18.3 Å². The lowest BCUT2D eigenvalue weighted by molar-refractivity contribution is 0.397. The Kier molecular flexibility index (Phi) is 5.28. The SMILES string of the molecule is COc1ccccc1CN(C)S(=O)(=O)C(C)C(N)=S. The Labute approximate surface area is 119 Å². The van der Waals surface area contributed by atoms with Crippen molar-refractivity contribution in [3.63, 3.8) is 0 Å². The molecule has 0 radical (unpaired) electrons. The molecule has 2 N–H and O–H groups in total. The summed E-state index contributed by atoms with van der Waals surface area (Å²) in [7, 11) is -0.507. The minimum absolute atomic E-state index is 0.0353. The van der Waals surface area contributed by atoms with Crippen molar-refractivity contribution in [2.24, 2.45) is 5.73 Å². The lowest BCUT2D eigenvalue weighted by Crippen LogP contribution is -2.40. The van der Waals surface area contributed by atoms with E-state index in [1.807, 2.05) is 18.2 Å². The molecule has 0 heterocycles. The molecule has 0 aliphatic heterocycles. The molecule has 1 aromatic carbocycles. The first-order valence-electron chi connectivity index (χ1n) is 5.67. The maximum Gasteiger partial charge on any atom is 0.223 e. The van der Waals surface area contributed by atoms with E-state index in [0.717, 1.165) is 5.56 Å². The van der Waals surface area contributed by atoms with Gasteiger partial charge in [0.2, 0.25) is 10.0 Å². The summed E-state index contributed by atoms with van der Waals surface area (Å²) in [5.74, 6) is 0.646. The Morgan fingerprint density at radius 1 is 1.47 bits per heavy atom. The molecule has 0 fully saturated rings. The van der Waals surface area contributed by atoms with Gasteiger partial charge in [-0.1, -0.05) is 30.4 Å². The maximum absolute atomic E-state index is 12.2. The molecule has 1 unspecified atom stereocenters. The van der Waals surface area contributed by atoms with Gasteiger partial charge in [-0.25, -0.2) is 8.42 Å². The third-order valence-electron chi connectivity index (χ3n) is 2.87. The molecule has 0 bridgehead atoms. The molecular formula is C12H18N2O3S2. The lowest BCUT2D eigenvalue weighted by atomic mass is 10.2. The first-order chi connectivity index (χ1) is 8.80. The number of methoxy groups -OCH3 is 1. The van der Waals surface area contributed by atoms with Crippen LogP contribution in [0.2, 0.25) is 0 Å². The molecule has 0 aromatic heterocycles. The van der Waals surface area contributed by atoms with Crippen LogP contribution in [0.4, 0.5) is 0 Å². The van der Waals surface area contributed by atoms with Gasteiger partial charge in [0, 0.05) is 19.2 Å². The fourth-order valence-corrected chi connectivity index (χ4v) is 3.10. The summed E-state index contributed by atoms with van der Waals surface area (Å²) in [5.41, 5.74) is 6.19. The highest BCUT2D eigenvalue weighted by molar-refractivity contribution is 7.92. The van der Waals surface area contributed by atoms with Gasteiger partial charge in [0.15, 0.2) is 0 Å². The number of sulfonamides is 1. The van der Waals surface area contributed by atoms with Gasteiger partial charge in [-0.15, -0.1) is 0 Å². The van der Waals surface area contributed by atoms with Crippen LogP contribution in [-0.4, -0.2) is 37.1 Å². The predicted molar refractivity (Wildman–Crippen MR) is 79.6 cm³/mol. The second-order valence-corrected chi connectivity index (χ2v) is 6.99. The summed E-state index contributed by atoms with van der Waals surface area (Å²) >= 11 is 4.75. The average molecular weight is 302 g/mol. The molecule has 0 spiro atoms. The highest BCUT2D eigenvalue weighted by Crippen LogP contribution is 2.20. The summed E-state index contributed by atoms with van der Waals surface area (Å²) in [6.07, 6.45) is 0. The fraction of sp³-hybridized carbons (Fsp3) is 0.417. The largest absolute Gasteiger partial charge is 0.496 e. The molecule has 1 atom stereocenters. The number of para-hydroxylation sites is 1. The van der Waals surface area contributed by atoms with Crippen molar-refractivity contribution in [2.75, 3.05) is 14.2 Å². The number of rotatable bonds is 6. The van der Waals surface area contributed by atoms with Crippen LogP contribution in [0.25, 0.3) is 0 Å². The van der Waals surface area contributed by atoms with Crippen molar-refractivity contribution in [3.05, 3.63) is 29.8 Å². The third-order valence-corrected chi connectivity index (χ3v) is 5.52. The van der Waals surface area contributed by atoms with Crippen molar-refractivity contribution in [1.82, 2.24) is 4.31 Å². The monoisotopic (exact) mass is 302 g/mol. The van der Waals surface area contributed by atoms with Crippen LogP contribution in [0, 0.1) is 0 Å². The summed E-state index contributed by atoms with van der Waals surface area (Å²) in [4.78, 5) is -0.0353. The van der Waals surface area contributed by atoms with E-state index >= 15 is 0 Å². The van der Waals surface area contributed by atoms with Gasteiger partial charge in [0.05, 0.1) is 12.1 Å². The summed E-state index contributed by atoms with van der Waals surface area (Å²) in [6.45, 7) is 1.69. The maximum atomic E-state index is 12.2. The van der Waals surface area contributed by atoms with Crippen molar-refractivity contribution in [2.45, 2.75) is 18.7 Å². The number of ether oxygens (including phenoxy) is 1. The molecule has 0 aliphatic rings. The quantitative estimate of drug-likeness (QED) is 0.798. The van der Waals surface area contributed by atoms with Gasteiger partial charge < -0.3 is 10.5 Å². The number of hydrogen-bond donors (Lipinski definition) is 1. The molecule has 106 valence electrons. The van der Waals surface area contributed by atoms with E-state index in [-0.39, 0.29) is 11.5 Å². The Balaban J connectivity index is 2.96. The van der Waals surface area contributed by atoms with Gasteiger partial charge >= 0.3 is 0 Å². The second-order valence-electron chi connectivity index (χ2n) is 4.16. The van der Waals surface area contributed by atoms with E-state index in [0.29, 0.717) is 5.75 Å². The minimum atomic E-state index is -3.55. The molecule has 0 aliphatic carbocycles. The smallest absolute Gasteiger partial charge is 0.223 e. The third kappa shape index (κ3) is 3.65. The number of hydrogen-bond acceptors (Lipinski definition) is 4. The summed E-state index contributed by atoms with van der Waals surface area (Å²) < 4.78 is 30.8. The van der Waals surface area contributed by atoms with E-state index in [1.54, 1.807) is 13.2 Å². The van der Waals surface area contributed by atoms with E-state index < -0.39 is 15.3 Å². The topological polar surface area (TPSA) is 72.6 Å². The summed E-state index contributed by atoms with van der Waals surface area (Å²) in [6, 6.07) is 7.26. The van der Waals surface area contributed by atoms with Crippen molar-refractivity contribution in [1.29, 1.82) is 0 Å². The van der Waals surface area contributed by atoms with Gasteiger partial charge in [0.25, 0.3) is 0 Å².